The van der Waals surface area contributed by atoms with Gasteiger partial charge in [-0.1, -0.05) is 36.4 Å². The summed E-state index contributed by atoms with van der Waals surface area (Å²) in [7, 11) is 3.32. The van der Waals surface area contributed by atoms with Gasteiger partial charge in [-0.2, -0.15) is 0 Å². The van der Waals surface area contributed by atoms with Crippen molar-refractivity contribution in [3.05, 3.63) is 60.7 Å². The van der Waals surface area contributed by atoms with Gasteiger partial charge in [0, 0.05) is 0 Å². The van der Waals surface area contributed by atoms with Crippen molar-refractivity contribution in [1.82, 2.24) is 0 Å². The van der Waals surface area contributed by atoms with Crippen LogP contribution in [0.4, 0.5) is 4.70 Å². The lowest BCUT2D eigenvalue weighted by molar-refractivity contribution is 0.414. The molecule has 0 spiro atoms. The number of hydrogen-bond donors (Lipinski definition) is 0. The Morgan fingerprint density at radius 1 is 0.588 bits per heavy atom. The first-order valence-electron chi connectivity index (χ1n) is 5.05. The molecule has 92 valence electrons. The van der Waals surface area contributed by atoms with E-state index in [0.29, 0.717) is 0 Å². The first-order valence-corrected chi connectivity index (χ1v) is 5.05. The molecule has 0 aliphatic rings. The van der Waals surface area contributed by atoms with Gasteiger partial charge in [-0.15, -0.1) is 0 Å². The SMILES string of the molecule is COc1ccccc1.COc1ccccc1.F. The predicted molar refractivity (Wildman–Crippen MR) is 68.5 cm³/mol. The molecule has 2 aromatic carbocycles. The monoisotopic (exact) mass is 236 g/mol. The molecule has 0 unspecified atom stereocenters. The van der Waals surface area contributed by atoms with Crippen molar-refractivity contribution in [2.45, 2.75) is 0 Å². The predicted octanol–water partition coefficient (Wildman–Crippen LogP) is 3.54. The molecule has 0 aromatic heterocycles. The maximum absolute atomic E-state index is 4.91. The minimum absolute atomic E-state index is 0. The van der Waals surface area contributed by atoms with E-state index in [1.807, 2.05) is 60.7 Å². The molecule has 0 bridgehead atoms. The minimum atomic E-state index is 0. The van der Waals surface area contributed by atoms with Gasteiger partial charge in [-0.05, 0) is 24.3 Å². The third kappa shape index (κ3) is 6.20. The molecule has 2 aromatic rings. The first kappa shape index (κ1) is 15.0. The fraction of sp³-hybridized carbons (Fsp3) is 0.143. The smallest absolute Gasteiger partial charge is 0.118 e. The highest BCUT2D eigenvalue weighted by molar-refractivity contribution is 5.21. The molecular formula is C14H17FO2. The lowest BCUT2D eigenvalue weighted by Crippen LogP contribution is -1.78. The van der Waals surface area contributed by atoms with Crippen LogP contribution in [0.15, 0.2) is 60.7 Å². The third-order valence-electron chi connectivity index (χ3n) is 1.96. The molecule has 2 rings (SSSR count). The number of ether oxygens (including phenoxy) is 2. The van der Waals surface area contributed by atoms with Crippen molar-refractivity contribution in [2.75, 3.05) is 14.2 Å². The van der Waals surface area contributed by atoms with Crippen LogP contribution < -0.4 is 9.47 Å². The van der Waals surface area contributed by atoms with Gasteiger partial charge in [-0.3, -0.25) is 4.70 Å². The second-order valence-corrected chi connectivity index (χ2v) is 3.03. The van der Waals surface area contributed by atoms with E-state index in [9.17, 15) is 0 Å². The quantitative estimate of drug-likeness (QED) is 0.794. The van der Waals surface area contributed by atoms with E-state index in [0.717, 1.165) is 11.5 Å². The first-order chi connectivity index (χ1) is 7.86. The highest BCUT2D eigenvalue weighted by atomic mass is 19.0. The molecule has 0 fully saturated rings. The fourth-order valence-corrected chi connectivity index (χ4v) is 1.11. The molecule has 17 heavy (non-hydrogen) atoms. The van der Waals surface area contributed by atoms with E-state index in [-0.39, 0.29) is 4.70 Å². The Morgan fingerprint density at radius 3 is 1.06 bits per heavy atom. The molecule has 0 heterocycles. The number of benzene rings is 2. The largest absolute Gasteiger partial charge is 0.497 e. The lowest BCUT2D eigenvalue weighted by atomic mass is 10.3. The maximum Gasteiger partial charge on any atom is 0.118 e. The molecule has 0 aliphatic carbocycles. The fourth-order valence-electron chi connectivity index (χ4n) is 1.11. The minimum Gasteiger partial charge on any atom is -0.497 e. The average molecular weight is 236 g/mol. The summed E-state index contributed by atoms with van der Waals surface area (Å²) in [4.78, 5) is 0. The Morgan fingerprint density at radius 2 is 0.882 bits per heavy atom. The van der Waals surface area contributed by atoms with Crippen molar-refractivity contribution < 1.29 is 14.2 Å². The topological polar surface area (TPSA) is 18.5 Å². The zero-order chi connectivity index (χ0) is 11.6. The van der Waals surface area contributed by atoms with Crippen LogP contribution in [0.2, 0.25) is 0 Å². The number of methoxy groups -OCH3 is 2. The summed E-state index contributed by atoms with van der Waals surface area (Å²) in [5.41, 5.74) is 0. The Hall–Kier alpha value is -2.03. The van der Waals surface area contributed by atoms with Gasteiger partial charge >= 0.3 is 0 Å². The van der Waals surface area contributed by atoms with Crippen LogP contribution in [0.25, 0.3) is 0 Å². The zero-order valence-electron chi connectivity index (χ0n) is 10.00. The summed E-state index contributed by atoms with van der Waals surface area (Å²) >= 11 is 0. The molecule has 0 atom stereocenters. The molecule has 2 nitrogen and oxygen atoms in total. The number of para-hydroxylation sites is 2. The maximum atomic E-state index is 4.91. The molecular weight excluding hydrogens is 219 g/mol. The van der Waals surface area contributed by atoms with Gasteiger partial charge in [0.15, 0.2) is 0 Å². The van der Waals surface area contributed by atoms with Gasteiger partial charge in [0.1, 0.15) is 11.5 Å². The van der Waals surface area contributed by atoms with Crippen LogP contribution in [-0.4, -0.2) is 14.2 Å². The Labute approximate surface area is 101 Å². The van der Waals surface area contributed by atoms with Crippen molar-refractivity contribution in [3.8, 4) is 11.5 Å². The van der Waals surface area contributed by atoms with Crippen LogP contribution in [0.5, 0.6) is 11.5 Å². The number of hydrogen-bond acceptors (Lipinski definition) is 2. The summed E-state index contributed by atoms with van der Waals surface area (Å²) in [6.45, 7) is 0. The number of halogens is 1. The van der Waals surface area contributed by atoms with E-state index in [1.165, 1.54) is 0 Å². The van der Waals surface area contributed by atoms with Gasteiger partial charge in [0.2, 0.25) is 0 Å². The molecule has 0 N–H and O–H groups in total. The second-order valence-electron chi connectivity index (χ2n) is 3.03. The van der Waals surface area contributed by atoms with E-state index in [4.69, 9.17) is 9.47 Å². The second kappa shape index (κ2) is 9.21. The highest BCUT2D eigenvalue weighted by Crippen LogP contribution is 2.06. The zero-order valence-corrected chi connectivity index (χ0v) is 10.00. The highest BCUT2D eigenvalue weighted by Gasteiger charge is 1.80. The van der Waals surface area contributed by atoms with Crippen LogP contribution in [0.3, 0.4) is 0 Å². The van der Waals surface area contributed by atoms with Gasteiger partial charge < -0.3 is 9.47 Å². The molecule has 0 aliphatic heterocycles. The Kier molecular flexibility index (Phi) is 8.11. The summed E-state index contributed by atoms with van der Waals surface area (Å²) in [5, 5.41) is 0. The summed E-state index contributed by atoms with van der Waals surface area (Å²) in [5.74, 6) is 1.82. The van der Waals surface area contributed by atoms with Crippen molar-refractivity contribution in [3.63, 3.8) is 0 Å². The number of rotatable bonds is 2. The van der Waals surface area contributed by atoms with Crippen LogP contribution >= 0.6 is 0 Å². The summed E-state index contributed by atoms with van der Waals surface area (Å²) in [6, 6.07) is 19.4. The van der Waals surface area contributed by atoms with Gasteiger partial charge in [0.25, 0.3) is 0 Å². The van der Waals surface area contributed by atoms with E-state index < -0.39 is 0 Å². The summed E-state index contributed by atoms with van der Waals surface area (Å²) in [6.07, 6.45) is 0. The van der Waals surface area contributed by atoms with Crippen molar-refractivity contribution >= 4 is 0 Å². The molecule has 3 heteroatoms. The van der Waals surface area contributed by atoms with E-state index in [1.54, 1.807) is 14.2 Å². The summed E-state index contributed by atoms with van der Waals surface area (Å²) < 4.78 is 9.83. The molecule has 0 amide bonds. The lowest BCUT2D eigenvalue weighted by Gasteiger charge is -1.93. The van der Waals surface area contributed by atoms with Gasteiger partial charge in [-0.25, -0.2) is 0 Å². The Bertz CT molecular complexity index is 336. The van der Waals surface area contributed by atoms with Crippen LogP contribution in [0, 0.1) is 0 Å². The molecule has 0 saturated heterocycles. The van der Waals surface area contributed by atoms with Crippen molar-refractivity contribution in [2.24, 2.45) is 0 Å². The third-order valence-corrected chi connectivity index (χ3v) is 1.96. The van der Waals surface area contributed by atoms with Gasteiger partial charge in [0.05, 0.1) is 14.2 Å². The molecule has 0 radical (unpaired) electrons. The molecule has 0 saturated carbocycles. The van der Waals surface area contributed by atoms with Crippen molar-refractivity contribution in [1.29, 1.82) is 0 Å². The van der Waals surface area contributed by atoms with Crippen LogP contribution in [-0.2, 0) is 0 Å². The van der Waals surface area contributed by atoms with Crippen LogP contribution in [0.1, 0.15) is 0 Å². The Balaban J connectivity index is 0.000000284. The normalized spacial score (nSPS) is 8.12. The average Bonchev–Trinajstić information content (AvgIpc) is 2.41. The van der Waals surface area contributed by atoms with E-state index >= 15 is 0 Å². The standard InChI is InChI=1S/2C7H8O.FH/c2*1-8-7-5-3-2-4-6-7;/h2*2-6H,1H3;1H. The van der Waals surface area contributed by atoms with E-state index in [2.05, 4.69) is 0 Å².